The highest BCUT2D eigenvalue weighted by molar-refractivity contribution is 7.15. The largest absolute Gasteiger partial charge is 0.401 e. The smallest absolute Gasteiger partial charge is 0.300 e. The maximum Gasteiger partial charge on any atom is 0.401 e. The fourth-order valence-corrected chi connectivity index (χ4v) is 7.64. The van der Waals surface area contributed by atoms with E-state index in [0.29, 0.717) is 31.1 Å². The molecule has 0 radical (unpaired) electrons. The fourth-order valence-electron chi connectivity index (χ4n) is 6.67. The normalized spacial score (nSPS) is 35.2. The molecule has 0 spiro atoms. The third kappa shape index (κ3) is 4.04. The topological polar surface area (TPSA) is 58.1 Å². The summed E-state index contributed by atoms with van der Waals surface area (Å²) in [4.78, 5) is 14.0. The van der Waals surface area contributed by atoms with Crippen molar-refractivity contribution in [1.82, 2.24) is 15.1 Å². The number of nitrogens with zero attached hydrogens (tertiary/aromatic N) is 3. The molecule has 5 aliphatic rings. The van der Waals surface area contributed by atoms with Crippen LogP contribution >= 0.6 is 11.3 Å². The molecule has 1 aromatic heterocycles. The first kappa shape index (κ1) is 19.7. The van der Waals surface area contributed by atoms with Crippen molar-refractivity contribution in [3.05, 3.63) is 5.01 Å². The van der Waals surface area contributed by atoms with Gasteiger partial charge in [-0.2, -0.15) is 13.2 Å². The maximum atomic E-state index is 12.6. The van der Waals surface area contributed by atoms with Crippen LogP contribution in [0.3, 0.4) is 0 Å². The molecule has 0 aromatic carbocycles. The molecular formula is C20H27F3N4OS. The minimum absolute atomic E-state index is 0.134. The second kappa shape index (κ2) is 7.18. The monoisotopic (exact) mass is 428 g/mol. The SMILES string of the molecule is O=C(Nc1nnc(C23CC4CC(CC(C4)C2)C3)s1)C1CCN(CC(F)(F)F)CC1. The first-order valence-electron chi connectivity index (χ1n) is 10.7. The number of likely N-dealkylation sites (tertiary alicyclic amines) is 1. The first-order valence-corrected chi connectivity index (χ1v) is 11.5. The zero-order valence-corrected chi connectivity index (χ0v) is 17.2. The lowest BCUT2D eigenvalue weighted by Crippen LogP contribution is -2.48. The van der Waals surface area contributed by atoms with Crippen molar-refractivity contribution in [1.29, 1.82) is 0 Å². The van der Waals surface area contributed by atoms with Gasteiger partial charge < -0.3 is 5.32 Å². The summed E-state index contributed by atoms with van der Waals surface area (Å²) in [7, 11) is 0. The molecule has 1 saturated heterocycles. The minimum Gasteiger partial charge on any atom is -0.300 e. The molecule has 4 bridgehead atoms. The van der Waals surface area contributed by atoms with Gasteiger partial charge in [0, 0.05) is 11.3 Å². The number of alkyl halides is 3. The van der Waals surface area contributed by atoms with E-state index in [1.807, 2.05) is 0 Å². The van der Waals surface area contributed by atoms with Crippen molar-refractivity contribution in [2.75, 3.05) is 25.0 Å². The van der Waals surface area contributed by atoms with Crippen LogP contribution < -0.4 is 5.32 Å². The standard InChI is InChI=1S/C20H27F3N4OS/c21-20(22,23)11-27-3-1-15(2-4-27)16(28)24-18-26-25-17(29-18)19-8-12-5-13(9-19)7-14(6-12)10-19/h12-15H,1-11H2,(H,24,26,28). The summed E-state index contributed by atoms with van der Waals surface area (Å²) < 4.78 is 37.6. The second-order valence-corrected chi connectivity index (χ2v) is 10.7. The molecule has 9 heteroatoms. The second-order valence-electron chi connectivity index (χ2n) is 9.77. The number of aromatic nitrogens is 2. The minimum atomic E-state index is -4.19. The highest BCUT2D eigenvalue weighted by Gasteiger charge is 2.53. The molecule has 1 aliphatic heterocycles. The summed E-state index contributed by atoms with van der Waals surface area (Å²) in [5, 5.41) is 13.2. The number of carbonyl (C=O) groups excluding carboxylic acids is 1. The number of amides is 1. The molecule has 160 valence electrons. The van der Waals surface area contributed by atoms with E-state index >= 15 is 0 Å². The van der Waals surface area contributed by atoms with Crippen molar-refractivity contribution in [3.63, 3.8) is 0 Å². The number of hydrogen-bond donors (Lipinski definition) is 1. The van der Waals surface area contributed by atoms with Crippen molar-refractivity contribution >= 4 is 22.4 Å². The predicted octanol–water partition coefficient (Wildman–Crippen LogP) is 4.22. The third-order valence-corrected chi connectivity index (χ3v) is 8.59. The van der Waals surface area contributed by atoms with Crippen LogP contribution in [0.5, 0.6) is 0 Å². The van der Waals surface area contributed by atoms with Crippen LogP contribution in [0.25, 0.3) is 0 Å². The summed E-state index contributed by atoms with van der Waals surface area (Å²) in [5.41, 5.74) is 0.165. The number of piperidine rings is 1. The molecular weight excluding hydrogens is 401 g/mol. The number of hydrogen-bond acceptors (Lipinski definition) is 5. The number of nitrogens with one attached hydrogen (secondary N) is 1. The average Bonchev–Trinajstić information content (AvgIpc) is 3.09. The summed E-state index contributed by atoms with van der Waals surface area (Å²) in [6.45, 7) is -0.301. The summed E-state index contributed by atoms with van der Waals surface area (Å²) >= 11 is 1.51. The molecule has 5 nitrogen and oxygen atoms in total. The molecule has 5 fully saturated rings. The van der Waals surface area contributed by atoms with Crippen LogP contribution in [0.1, 0.15) is 56.4 Å². The Kier molecular flexibility index (Phi) is 4.89. The van der Waals surface area contributed by atoms with Crippen LogP contribution in [0, 0.1) is 23.7 Å². The Morgan fingerprint density at radius 1 is 1.07 bits per heavy atom. The number of halogens is 3. The molecule has 1 amide bonds. The Labute approximate surface area is 172 Å². The highest BCUT2D eigenvalue weighted by atomic mass is 32.1. The van der Waals surface area contributed by atoms with Gasteiger partial charge in [0.25, 0.3) is 0 Å². The van der Waals surface area contributed by atoms with Gasteiger partial charge >= 0.3 is 6.18 Å². The van der Waals surface area contributed by atoms with Crippen LogP contribution in [-0.2, 0) is 10.2 Å². The zero-order valence-electron chi connectivity index (χ0n) is 16.4. The summed E-state index contributed by atoms with van der Waals surface area (Å²) in [6.07, 6.45) is 4.44. The third-order valence-electron chi connectivity index (χ3n) is 7.51. The lowest BCUT2D eigenvalue weighted by Gasteiger charge is -2.55. The van der Waals surface area contributed by atoms with Crippen molar-refractivity contribution in [2.24, 2.45) is 23.7 Å². The summed E-state index contributed by atoms with van der Waals surface area (Å²) in [6, 6.07) is 0. The van der Waals surface area contributed by atoms with Crippen molar-refractivity contribution < 1.29 is 18.0 Å². The Morgan fingerprint density at radius 3 is 2.21 bits per heavy atom. The van der Waals surface area contributed by atoms with E-state index < -0.39 is 12.7 Å². The van der Waals surface area contributed by atoms with Crippen LogP contribution in [-0.4, -0.2) is 46.8 Å². The predicted molar refractivity (Wildman–Crippen MR) is 104 cm³/mol. The van der Waals surface area contributed by atoms with Crippen LogP contribution in [0.15, 0.2) is 0 Å². The average molecular weight is 429 g/mol. The molecule has 2 heterocycles. The molecule has 1 N–H and O–H groups in total. The molecule has 6 rings (SSSR count). The van der Waals surface area contributed by atoms with Gasteiger partial charge in [-0.05, 0) is 82.2 Å². The number of rotatable bonds is 4. The molecule has 4 saturated carbocycles. The fraction of sp³-hybridized carbons (Fsp3) is 0.850. The van der Waals surface area contributed by atoms with E-state index in [-0.39, 0.29) is 17.2 Å². The van der Waals surface area contributed by atoms with E-state index in [0.717, 1.165) is 22.8 Å². The Hall–Kier alpha value is -1.22. The van der Waals surface area contributed by atoms with Crippen LogP contribution in [0.4, 0.5) is 18.3 Å². The Bertz CT molecular complexity index is 737. The Morgan fingerprint density at radius 2 is 1.66 bits per heavy atom. The molecule has 29 heavy (non-hydrogen) atoms. The van der Waals surface area contributed by atoms with E-state index in [4.69, 9.17) is 0 Å². The Balaban J connectivity index is 1.19. The van der Waals surface area contributed by atoms with Gasteiger partial charge in [0.05, 0.1) is 6.54 Å². The van der Waals surface area contributed by atoms with Crippen molar-refractivity contribution in [3.8, 4) is 0 Å². The van der Waals surface area contributed by atoms with E-state index in [1.165, 1.54) is 54.8 Å². The van der Waals surface area contributed by atoms with Gasteiger partial charge in [0.1, 0.15) is 5.01 Å². The van der Waals surface area contributed by atoms with Gasteiger partial charge in [0.2, 0.25) is 11.0 Å². The molecule has 1 aromatic rings. The quantitative estimate of drug-likeness (QED) is 0.780. The van der Waals surface area contributed by atoms with Crippen molar-refractivity contribution in [2.45, 2.75) is 63.0 Å². The van der Waals surface area contributed by atoms with Gasteiger partial charge in [-0.15, -0.1) is 10.2 Å². The molecule has 4 aliphatic carbocycles. The van der Waals surface area contributed by atoms with Crippen LogP contribution in [0.2, 0.25) is 0 Å². The van der Waals surface area contributed by atoms with Gasteiger partial charge in [-0.3, -0.25) is 9.69 Å². The summed E-state index contributed by atoms with van der Waals surface area (Å²) in [5.74, 6) is 2.08. The van der Waals surface area contributed by atoms with Gasteiger partial charge in [-0.25, -0.2) is 0 Å². The molecule has 0 unspecified atom stereocenters. The molecule has 0 atom stereocenters. The number of anilines is 1. The lowest BCUT2D eigenvalue weighted by molar-refractivity contribution is -0.149. The highest BCUT2D eigenvalue weighted by Crippen LogP contribution is 2.61. The maximum absolute atomic E-state index is 12.6. The van der Waals surface area contributed by atoms with Gasteiger partial charge in [-0.1, -0.05) is 11.3 Å². The zero-order chi connectivity index (χ0) is 20.2. The first-order chi connectivity index (χ1) is 13.8. The van der Waals surface area contributed by atoms with E-state index in [1.54, 1.807) is 0 Å². The van der Waals surface area contributed by atoms with Gasteiger partial charge in [0.15, 0.2) is 0 Å². The number of carbonyl (C=O) groups is 1. The van der Waals surface area contributed by atoms with E-state index in [2.05, 4.69) is 15.5 Å². The van der Waals surface area contributed by atoms with E-state index in [9.17, 15) is 18.0 Å². The lowest BCUT2D eigenvalue weighted by atomic mass is 9.50.